The summed E-state index contributed by atoms with van der Waals surface area (Å²) in [6.07, 6.45) is 5.80. The summed E-state index contributed by atoms with van der Waals surface area (Å²) in [5, 5.41) is 50.1. The normalized spacial score (nSPS) is 18.0. The highest BCUT2D eigenvalue weighted by Gasteiger charge is 2.36. The van der Waals surface area contributed by atoms with Crippen LogP contribution in [-0.4, -0.2) is 195 Å². The van der Waals surface area contributed by atoms with Crippen molar-refractivity contribution in [1.29, 1.82) is 10.5 Å². The van der Waals surface area contributed by atoms with Gasteiger partial charge in [-0.25, -0.2) is 13.8 Å². The molecule has 6 fully saturated rings. The number of nitrogens with one attached hydrogen (secondary N) is 3. The number of halogens is 2. The van der Waals surface area contributed by atoms with Gasteiger partial charge in [0, 0.05) is 155 Å². The van der Waals surface area contributed by atoms with Crippen molar-refractivity contribution >= 4 is 74.9 Å². The number of aromatic nitrogens is 1. The van der Waals surface area contributed by atoms with E-state index in [1.54, 1.807) is 28.0 Å². The van der Waals surface area contributed by atoms with Gasteiger partial charge >= 0.3 is 0 Å². The second kappa shape index (κ2) is 37.3. The van der Waals surface area contributed by atoms with Crippen LogP contribution in [0.2, 0.25) is 0 Å². The summed E-state index contributed by atoms with van der Waals surface area (Å²) >= 11 is 0. The van der Waals surface area contributed by atoms with Crippen molar-refractivity contribution in [1.82, 2.24) is 19.7 Å². The van der Waals surface area contributed by atoms with Gasteiger partial charge in [0.1, 0.15) is 36.1 Å². The van der Waals surface area contributed by atoms with Crippen LogP contribution in [0.15, 0.2) is 188 Å². The number of aliphatic hydroxyl groups is 2. The number of aliphatic hydroxyl groups excluding tert-OH is 2. The van der Waals surface area contributed by atoms with E-state index in [9.17, 15) is 48.7 Å². The van der Waals surface area contributed by atoms with Gasteiger partial charge in [0.25, 0.3) is 17.7 Å². The highest BCUT2D eigenvalue weighted by Crippen LogP contribution is 2.35. The van der Waals surface area contributed by atoms with E-state index in [4.69, 9.17) is 0 Å². The van der Waals surface area contributed by atoms with Crippen LogP contribution in [0.1, 0.15) is 108 Å². The van der Waals surface area contributed by atoms with Gasteiger partial charge in [0.2, 0.25) is 5.91 Å². The Morgan fingerprint density at radius 3 is 1.30 bits per heavy atom. The van der Waals surface area contributed by atoms with Gasteiger partial charge in [-0.3, -0.25) is 24.1 Å². The topological polar surface area (TPSA) is 234 Å². The Labute approximate surface area is 673 Å². The summed E-state index contributed by atoms with van der Waals surface area (Å²) in [4.78, 5) is 75.4. The summed E-state index contributed by atoms with van der Waals surface area (Å²) in [5.74, 6) is -0.872. The number of aryl methyl sites for hydroxylation is 6. The first-order valence-electron chi connectivity index (χ1n) is 40.0. The minimum atomic E-state index is -0.464. The van der Waals surface area contributed by atoms with Crippen molar-refractivity contribution in [3.8, 4) is 12.1 Å². The molecule has 21 nitrogen and oxygen atoms in total. The number of carbonyl (C=O) groups is 4. The van der Waals surface area contributed by atoms with Crippen LogP contribution in [0.3, 0.4) is 0 Å². The van der Waals surface area contributed by atoms with Gasteiger partial charge in [-0.05, 0) is 198 Å². The molecule has 8 aromatic carbocycles. The highest BCUT2D eigenvalue weighted by atomic mass is 19.1. The zero-order chi connectivity index (χ0) is 80.8. The van der Waals surface area contributed by atoms with Crippen LogP contribution in [0.5, 0.6) is 0 Å². The monoisotopic (exact) mass is 1550 g/mol. The fourth-order valence-electron chi connectivity index (χ4n) is 16.8. The minimum Gasteiger partial charge on any atom is -0.394 e. The number of carbonyl (C=O) groups excluding carboxylic acids is 4. The molecule has 15 rings (SSSR count). The SMILES string of the molecule is Cc1cc(C)c(C(=O)N2CCN(c3ccc(F)cn3)C(=O)C2)cc1NC1CCN(c2ccccc2C#N)CC1.Cc1cc(C)c(C(=O)N2CCN(c3ccccc3)C(CO)C2)cc1NC1CCN(c2ccccc2)C1.Cc1cc(C)c(C(=O)N2CCN(c3ccccc3F)C(CO)C2)cc1NC1CCN(c2ccccc2C#N)CC1. The number of hydrogen-bond acceptors (Lipinski definition) is 17. The van der Waals surface area contributed by atoms with Crippen LogP contribution >= 0.6 is 0 Å². The maximum atomic E-state index is 14.4. The van der Waals surface area contributed by atoms with E-state index in [0.717, 1.165) is 151 Å². The predicted octanol–water partition coefficient (Wildman–Crippen LogP) is 13.3. The summed E-state index contributed by atoms with van der Waals surface area (Å²) < 4.78 is 27.7. The number of para-hydroxylation sites is 5. The van der Waals surface area contributed by atoms with Crippen molar-refractivity contribution in [2.24, 2.45) is 0 Å². The van der Waals surface area contributed by atoms with E-state index in [0.29, 0.717) is 92.2 Å². The molecule has 23 heteroatoms. The van der Waals surface area contributed by atoms with Gasteiger partial charge in [0.15, 0.2) is 0 Å². The molecule has 3 unspecified atom stereocenters. The average Bonchev–Trinajstić information content (AvgIpc) is 1.31. The number of piperazine rings is 3. The molecule has 6 aliphatic heterocycles. The Morgan fingerprint density at radius 2 is 0.843 bits per heavy atom. The molecule has 9 aromatic rings. The minimum absolute atomic E-state index is 0.0119. The first-order chi connectivity index (χ1) is 55.8. The second-order valence-electron chi connectivity index (χ2n) is 30.9. The molecule has 1 aromatic heterocycles. The average molecular weight is 1550 g/mol. The summed E-state index contributed by atoms with van der Waals surface area (Å²) in [6.45, 7) is 20.9. The molecule has 0 bridgehead atoms. The van der Waals surface area contributed by atoms with Crippen molar-refractivity contribution < 1.29 is 38.2 Å². The van der Waals surface area contributed by atoms with Gasteiger partial charge < -0.3 is 65.4 Å². The molecule has 7 heterocycles. The summed E-state index contributed by atoms with van der Waals surface area (Å²) in [7, 11) is 0. The third-order valence-corrected chi connectivity index (χ3v) is 23.2. The molecule has 0 aliphatic carbocycles. The fraction of sp³-hybridized carbons (Fsp3) is 0.359. The molecule has 115 heavy (non-hydrogen) atoms. The lowest BCUT2D eigenvalue weighted by Gasteiger charge is -2.42. The standard InChI is InChI=1S/C32H36FN5O2.C30H31FN6O2.C30H36N4O2/c1-22-17-23(2)29(35-25-11-13-36(14-12-25)30-9-5-3-7-24(30)19-34)18-27(22)32(40)37-15-16-38(26(20-37)21-39)31-10-6-4-8-28(31)33;1-20-15-21(2)26(34-24-9-11-35(12-10-24)27-6-4-3-5-22(27)17-32)16-25(20)30(39)36-13-14-37(29(38)19-36)28-8-7-23(31)18-33-28;1-22-17-23(2)29(31-24-13-14-32(19-24)25-9-5-3-6-10-25)18-28(22)30(36)33-15-16-34(27(20-33)21-35)26-11-7-4-8-12-26/h3-10,17-18,25-26,35,39H,11-16,20-21H2,1-2H3;3-8,15-16,18,24,34H,9-14,19H2,1-2H3;3-12,17-18,24,27,31,35H,13-16,19-21H2,1-2H3. The number of hydrogen-bond donors (Lipinski definition) is 5. The van der Waals surface area contributed by atoms with Crippen molar-refractivity contribution in [3.05, 3.63) is 261 Å². The maximum Gasteiger partial charge on any atom is 0.254 e. The van der Waals surface area contributed by atoms with Crippen LogP contribution in [0.4, 0.5) is 60.1 Å². The van der Waals surface area contributed by atoms with Gasteiger partial charge in [-0.15, -0.1) is 0 Å². The molecule has 0 spiro atoms. The van der Waals surface area contributed by atoms with Gasteiger partial charge in [-0.2, -0.15) is 10.5 Å². The van der Waals surface area contributed by atoms with Gasteiger partial charge in [0.05, 0.1) is 59.7 Å². The fourth-order valence-corrected chi connectivity index (χ4v) is 16.8. The van der Waals surface area contributed by atoms with E-state index < -0.39 is 5.82 Å². The molecule has 4 amide bonds. The molecule has 0 radical (unpaired) electrons. The van der Waals surface area contributed by atoms with E-state index >= 15 is 0 Å². The molecule has 3 atom stereocenters. The largest absolute Gasteiger partial charge is 0.394 e. The molecule has 6 saturated heterocycles. The van der Waals surface area contributed by atoms with Crippen LogP contribution in [-0.2, 0) is 4.79 Å². The third-order valence-electron chi connectivity index (χ3n) is 23.2. The number of rotatable bonds is 17. The predicted molar refractivity (Wildman–Crippen MR) is 452 cm³/mol. The lowest BCUT2D eigenvalue weighted by Crippen LogP contribution is -2.56. The number of nitrogens with zero attached hydrogens (tertiary/aromatic N) is 12. The van der Waals surface area contributed by atoms with E-state index in [1.165, 1.54) is 28.8 Å². The molecule has 596 valence electrons. The zero-order valence-electron chi connectivity index (χ0n) is 66.5. The number of anilines is 9. The molecule has 6 aliphatic rings. The van der Waals surface area contributed by atoms with Crippen molar-refractivity contribution in [3.63, 3.8) is 0 Å². The number of nitriles is 2. The van der Waals surface area contributed by atoms with Crippen molar-refractivity contribution in [2.75, 3.05) is 157 Å². The number of benzene rings is 8. The van der Waals surface area contributed by atoms with Crippen LogP contribution in [0, 0.1) is 75.8 Å². The maximum absolute atomic E-state index is 14.4. The molecule has 0 saturated carbocycles. The molecular formula is C92H103F2N15O6. The first-order valence-corrected chi connectivity index (χ1v) is 40.0. The molecule has 5 N–H and O–H groups in total. The Bertz CT molecular complexity index is 5010. The van der Waals surface area contributed by atoms with Gasteiger partial charge in [-0.1, -0.05) is 91.0 Å². The molecular weight excluding hydrogens is 1450 g/mol. The number of amides is 4. The first kappa shape index (κ1) is 81.0. The summed E-state index contributed by atoms with van der Waals surface area (Å²) in [5.41, 5.74) is 17.1. The van der Waals surface area contributed by atoms with E-state index in [1.807, 2.05) is 141 Å². The lowest BCUT2D eigenvalue weighted by molar-refractivity contribution is -0.120. The number of piperidine rings is 2. The Hall–Kier alpha value is -12.1. The smallest absolute Gasteiger partial charge is 0.254 e. The van der Waals surface area contributed by atoms with Crippen molar-refractivity contribution in [2.45, 2.75) is 104 Å². The Balaban J connectivity index is 0.000000150. The summed E-state index contributed by atoms with van der Waals surface area (Å²) in [6, 6.07) is 62.4. The quantitative estimate of drug-likeness (QED) is 0.0570. The highest BCUT2D eigenvalue weighted by molar-refractivity contribution is 6.03. The van der Waals surface area contributed by atoms with E-state index in [-0.39, 0.29) is 73.4 Å². The zero-order valence-corrected chi connectivity index (χ0v) is 66.5. The Kier molecular flexibility index (Phi) is 26.2. The third kappa shape index (κ3) is 19.1. The van der Waals surface area contributed by atoms with Crippen LogP contribution < -0.4 is 45.3 Å². The second-order valence-corrected chi connectivity index (χ2v) is 30.9. The van der Waals surface area contributed by atoms with E-state index in [2.05, 4.69) is 109 Å². The Morgan fingerprint density at radius 1 is 0.435 bits per heavy atom. The number of pyridine rings is 1. The lowest BCUT2D eigenvalue weighted by atomic mass is 9.99. The van der Waals surface area contributed by atoms with Crippen LogP contribution in [0.25, 0.3) is 0 Å².